The molecule has 23 heavy (non-hydrogen) atoms. The smallest absolute Gasteiger partial charge is 0.406 e. The summed E-state index contributed by atoms with van der Waals surface area (Å²) in [5, 5.41) is 3.89. The van der Waals surface area contributed by atoms with E-state index in [1.165, 1.54) is 24.3 Å². The van der Waals surface area contributed by atoms with Gasteiger partial charge in [-0.1, -0.05) is 28.9 Å². The van der Waals surface area contributed by atoms with E-state index in [1.807, 2.05) is 31.2 Å². The molecule has 1 heterocycles. The number of alkyl halides is 3. The van der Waals surface area contributed by atoms with E-state index >= 15 is 0 Å². The highest BCUT2D eigenvalue weighted by atomic mass is 19.4. The third-order valence-corrected chi connectivity index (χ3v) is 3.04. The summed E-state index contributed by atoms with van der Waals surface area (Å²) in [6, 6.07) is 12.8. The molecule has 0 aliphatic carbocycles. The Hall–Kier alpha value is -2.83. The first-order valence-corrected chi connectivity index (χ1v) is 6.68. The van der Waals surface area contributed by atoms with Gasteiger partial charge in [0.05, 0.1) is 0 Å². The highest BCUT2D eigenvalue weighted by Crippen LogP contribution is 2.27. The van der Waals surface area contributed by atoms with E-state index in [1.54, 1.807) is 0 Å². The Kier molecular flexibility index (Phi) is 3.77. The fourth-order valence-corrected chi connectivity index (χ4v) is 2.04. The van der Waals surface area contributed by atoms with E-state index in [0.717, 1.165) is 11.1 Å². The molecule has 4 nitrogen and oxygen atoms in total. The lowest BCUT2D eigenvalue weighted by Gasteiger charge is -2.08. The van der Waals surface area contributed by atoms with Crippen LogP contribution >= 0.6 is 0 Å². The van der Waals surface area contributed by atoms with Crippen molar-refractivity contribution in [3.8, 4) is 28.6 Å². The first-order valence-electron chi connectivity index (χ1n) is 6.68. The van der Waals surface area contributed by atoms with Gasteiger partial charge < -0.3 is 9.26 Å². The lowest BCUT2D eigenvalue weighted by atomic mass is 10.1. The van der Waals surface area contributed by atoms with Crippen LogP contribution in [0.4, 0.5) is 13.2 Å². The lowest BCUT2D eigenvalue weighted by Crippen LogP contribution is -2.16. The van der Waals surface area contributed by atoms with Gasteiger partial charge in [-0.15, -0.1) is 13.2 Å². The van der Waals surface area contributed by atoms with Crippen LogP contribution in [0.3, 0.4) is 0 Å². The SMILES string of the molecule is Cc1cccc(-c2noc(-c3ccc(OC(F)(F)F)cc3)n2)c1. The van der Waals surface area contributed by atoms with Crippen molar-refractivity contribution in [1.29, 1.82) is 0 Å². The molecule has 0 amide bonds. The van der Waals surface area contributed by atoms with Crippen LogP contribution in [0.2, 0.25) is 0 Å². The lowest BCUT2D eigenvalue weighted by molar-refractivity contribution is -0.274. The number of benzene rings is 2. The zero-order valence-electron chi connectivity index (χ0n) is 12.0. The number of aromatic nitrogens is 2. The van der Waals surface area contributed by atoms with Crippen LogP contribution in [-0.4, -0.2) is 16.5 Å². The van der Waals surface area contributed by atoms with E-state index in [2.05, 4.69) is 14.9 Å². The molecular weight excluding hydrogens is 309 g/mol. The maximum Gasteiger partial charge on any atom is 0.573 e. The molecule has 7 heteroatoms. The number of nitrogens with zero attached hydrogens (tertiary/aromatic N) is 2. The van der Waals surface area contributed by atoms with Gasteiger partial charge >= 0.3 is 6.36 Å². The van der Waals surface area contributed by atoms with Crippen molar-refractivity contribution in [2.45, 2.75) is 13.3 Å². The Morgan fingerprint density at radius 1 is 1.00 bits per heavy atom. The van der Waals surface area contributed by atoms with E-state index in [4.69, 9.17) is 4.52 Å². The van der Waals surface area contributed by atoms with Crippen LogP contribution < -0.4 is 4.74 Å². The molecule has 0 spiro atoms. The van der Waals surface area contributed by atoms with Crippen molar-refractivity contribution in [2.75, 3.05) is 0 Å². The highest BCUT2D eigenvalue weighted by Gasteiger charge is 2.31. The van der Waals surface area contributed by atoms with Crippen LogP contribution in [0.15, 0.2) is 53.1 Å². The Morgan fingerprint density at radius 2 is 1.74 bits per heavy atom. The van der Waals surface area contributed by atoms with E-state index in [9.17, 15) is 13.2 Å². The average molecular weight is 320 g/mol. The molecule has 0 radical (unpaired) electrons. The van der Waals surface area contributed by atoms with Gasteiger partial charge in [-0.2, -0.15) is 4.98 Å². The molecule has 0 unspecified atom stereocenters. The third-order valence-electron chi connectivity index (χ3n) is 3.04. The van der Waals surface area contributed by atoms with Gasteiger partial charge in [0, 0.05) is 11.1 Å². The summed E-state index contributed by atoms with van der Waals surface area (Å²) in [5.74, 6) is 0.332. The van der Waals surface area contributed by atoms with Crippen LogP contribution in [0, 0.1) is 6.92 Å². The summed E-state index contributed by atoms with van der Waals surface area (Å²) in [6.07, 6.45) is -4.72. The Bertz CT molecular complexity index is 811. The first-order chi connectivity index (χ1) is 10.9. The number of hydrogen-bond donors (Lipinski definition) is 0. The number of hydrogen-bond acceptors (Lipinski definition) is 4. The second kappa shape index (κ2) is 5.75. The van der Waals surface area contributed by atoms with Crippen LogP contribution in [0.5, 0.6) is 5.75 Å². The van der Waals surface area contributed by atoms with Crippen LogP contribution in [0.1, 0.15) is 5.56 Å². The van der Waals surface area contributed by atoms with Gasteiger partial charge in [-0.3, -0.25) is 0 Å². The van der Waals surface area contributed by atoms with Crippen molar-refractivity contribution in [3.05, 3.63) is 54.1 Å². The molecule has 2 aromatic carbocycles. The average Bonchev–Trinajstić information content (AvgIpc) is 2.96. The third kappa shape index (κ3) is 3.68. The fraction of sp³-hybridized carbons (Fsp3) is 0.125. The number of ether oxygens (including phenoxy) is 1. The van der Waals surface area contributed by atoms with Crippen LogP contribution in [0.25, 0.3) is 22.8 Å². The van der Waals surface area contributed by atoms with E-state index in [0.29, 0.717) is 11.4 Å². The van der Waals surface area contributed by atoms with Crippen molar-refractivity contribution >= 4 is 0 Å². The van der Waals surface area contributed by atoms with E-state index in [-0.39, 0.29) is 11.6 Å². The minimum Gasteiger partial charge on any atom is -0.406 e. The topological polar surface area (TPSA) is 48.2 Å². The van der Waals surface area contributed by atoms with Gasteiger partial charge in [0.2, 0.25) is 5.82 Å². The molecule has 0 N–H and O–H groups in total. The second-order valence-corrected chi connectivity index (χ2v) is 4.86. The predicted octanol–water partition coefficient (Wildman–Crippen LogP) is 4.61. The molecule has 3 aromatic rings. The highest BCUT2D eigenvalue weighted by molar-refractivity contribution is 5.60. The zero-order valence-corrected chi connectivity index (χ0v) is 12.0. The standard InChI is InChI=1S/C16H11F3N2O2/c1-10-3-2-4-12(9-10)14-20-15(23-21-14)11-5-7-13(8-6-11)22-16(17,18)19/h2-9H,1H3. The summed E-state index contributed by atoms with van der Waals surface area (Å²) in [6.45, 7) is 1.95. The van der Waals surface area contributed by atoms with Gasteiger partial charge in [-0.05, 0) is 37.3 Å². The Labute approximate surface area is 129 Å². The summed E-state index contributed by atoms with van der Waals surface area (Å²) in [5.41, 5.74) is 2.37. The quantitative estimate of drug-likeness (QED) is 0.707. The molecule has 1 aromatic heterocycles. The molecule has 3 rings (SSSR count). The monoisotopic (exact) mass is 320 g/mol. The Balaban J connectivity index is 1.83. The fourth-order valence-electron chi connectivity index (χ4n) is 2.04. The molecular formula is C16H11F3N2O2. The van der Waals surface area contributed by atoms with Crippen molar-refractivity contribution < 1.29 is 22.4 Å². The number of aryl methyl sites for hydroxylation is 1. The molecule has 0 atom stereocenters. The predicted molar refractivity (Wildman–Crippen MR) is 76.6 cm³/mol. The summed E-state index contributed by atoms with van der Waals surface area (Å²) in [4.78, 5) is 4.26. The first kappa shape index (κ1) is 15.1. The van der Waals surface area contributed by atoms with Gasteiger partial charge in [-0.25, -0.2) is 0 Å². The molecule has 0 bridgehead atoms. The van der Waals surface area contributed by atoms with Crippen molar-refractivity contribution in [1.82, 2.24) is 10.1 Å². The maximum absolute atomic E-state index is 12.1. The normalized spacial score (nSPS) is 11.5. The summed E-state index contributed by atoms with van der Waals surface area (Å²) >= 11 is 0. The van der Waals surface area contributed by atoms with E-state index < -0.39 is 6.36 Å². The van der Waals surface area contributed by atoms with Gasteiger partial charge in [0.15, 0.2) is 0 Å². The second-order valence-electron chi connectivity index (χ2n) is 4.86. The molecule has 0 fully saturated rings. The molecule has 118 valence electrons. The van der Waals surface area contributed by atoms with Gasteiger partial charge in [0.1, 0.15) is 5.75 Å². The molecule has 0 aliphatic heterocycles. The molecule has 0 aliphatic rings. The van der Waals surface area contributed by atoms with Crippen molar-refractivity contribution in [2.24, 2.45) is 0 Å². The summed E-state index contributed by atoms with van der Waals surface area (Å²) < 4.78 is 45.4. The largest absolute Gasteiger partial charge is 0.573 e. The van der Waals surface area contributed by atoms with Gasteiger partial charge in [0.25, 0.3) is 5.89 Å². The molecule has 0 saturated heterocycles. The van der Waals surface area contributed by atoms with Crippen molar-refractivity contribution in [3.63, 3.8) is 0 Å². The summed E-state index contributed by atoms with van der Waals surface area (Å²) in [7, 11) is 0. The number of rotatable bonds is 3. The van der Waals surface area contributed by atoms with Crippen LogP contribution in [-0.2, 0) is 0 Å². The maximum atomic E-state index is 12.1. The minimum atomic E-state index is -4.72. The zero-order chi connectivity index (χ0) is 16.4. The minimum absolute atomic E-state index is 0.222. The molecule has 0 saturated carbocycles. The number of halogens is 3. The Morgan fingerprint density at radius 3 is 2.39 bits per heavy atom.